The topological polar surface area (TPSA) is 26.0 Å². The fourth-order valence-corrected chi connectivity index (χ4v) is 0.275. The van der Waals surface area contributed by atoms with Crippen LogP contribution >= 0.6 is 0 Å². The van der Waals surface area contributed by atoms with Crippen molar-refractivity contribution in [3.05, 3.63) is 12.2 Å². The lowest BCUT2D eigenvalue weighted by molar-refractivity contribution is 0.0772. The van der Waals surface area contributed by atoms with E-state index in [2.05, 4.69) is 0 Å². The lowest BCUT2D eigenvalue weighted by Gasteiger charge is -1.99. The van der Waals surface area contributed by atoms with Crippen LogP contribution in [0.1, 0.15) is 6.92 Å². The second-order valence-electron chi connectivity index (χ2n) is 1.59. The Morgan fingerprint density at radius 2 is 2.12 bits per heavy atom. The zero-order valence-electron chi connectivity index (χ0n) is 4.70. The van der Waals surface area contributed by atoms with Crippen LogP contribution in [-0.4, -0.2) is 12.5 Å². The lowest BCUT2D eigenvalue weighted by atomic mass is 10.3. The van der Waals surface area contributed by atoms with Gasteiger partial charge < -0.3 is 5.73 Å². The van der Waals surface area contributed by atoms with E-state index in [1.807, 2.05) is 0 Å². The smallest absolute Gasteiger partial charge is 0.263 e. The van der Waals surface area contributed by atoms with Crippen molar-refractivity contribution in [3.8, 4) is 0 Å². The molecular weight excluding hydrogens is 112 g/mol. The Morgan fingerprint density at radius 1 is 1.62 bits per heavy atom. The summed E-state index contributed by atoms with van der Waals surface area (Å²) in [5.41, 5.74) is 4.92. The molecule has 0 aliphatic rings. The summed E-state index contributed by atoms with van der Waals surface area (Å²) < 4.78 is 23.5. The molecule has 0 rings (SSSR count). The summed E-state index contributed by atoms with van der Waals surface area (Å²) in [5, 5.41) is 0. The molecule has 1 nitrogen and oxygen atoms in total. The Kier molecular flexibility index (Phi) is 2.62. The van der Waals surface area contributed by atoms with E-state index in [4.69, 9.17) is 5.73 Å². The van der Waals surface area contributed by atoms with Crippen LogP contribution in [0.4, 0.5) is 8.78 Å². The summed E-state index contributed by atoms with van der Waals surface area (Å²) in [6, 6.07) is 0. The maximum Gasteiger partial charge on any atom is 0.263 e. The average molecular weight is 121 g/mol. The summed E-state index contributed by atoms with van der Waals surface area (Å²) >= 11 is 0. The van der Waals surface area contributed by atoms with E-state index in [0.717, 1.165) is 13.0 Å². The van der Waals surface area contributed by atoms with Gasteiger partial charge in [0.25, 0.3) is 5.92 Å². The summed E-state index contributed by atoms with van der Waals surface area (Å²) in [6.45, 7) is 0.989. The van der Waals surface area contributed by atoms with Crippen LogP contribution in [0.5, 0.6) is 0 Å². The molecule has 0 heterocycles. The number of allylic oxidation sites excluding steroid dienone is 1. The highest BCUT2D eigenvalue weighted by atomic mass is 19.3. The van der Waals surface area contributed by atoms with Gasteiger partial charge in [-0.3, -0.25) is 0 Å². The van der Waals surface area contributed by atoms with E-state index in [-0.39, 0.29) is 6.54 Å². The third-order valence-corrected chi connectivity index (χ3v) is 0.547. The van der Waals surface area contributed by atoms with E-state index in [9.17, 15) is 8.78 Å². The van der Waals surface area contributed by atoms with Crippen LogP contribution in [0.15, 0.2) is 12.2 Å². The molecule has 0 aromatic heterocycles. The summed E-state index contributed by atoms with van der Waals surface area (Å²) in [4.78, 5) is 0. The van der Waals surface area contributed by atoms with E-state index in [1.54, 1.807) is 0 Å². The van der Waals surface area contributed by atoms with Crippen molar-refractivity contribution < 1.29 is 8.78 Å². The molecule has 0 radical (unpaired) electrons. The molecule has 2 N–H and O–H groups in total. The molecule has 3 heteroatoms. The molecule has 8 heavy (non-hydrogen) atoms. The van der Waals surface area contributed by atoms with Gasteiger partial charge in [-0.15, -0.1) is 0 Å². The highest BCUT2D eigenvalue weighted by Gasteiger charge is 2.13. The molecule has 0 bridgehead atoms. The number of hydrogen-bond donors (Lipinski definition) is 1. The molecule has 0 amide bonds. The minimum atomic E-state index is -2.71. The molecule has 0 aromatic rings. The van der Waals surface area contributed by atoms with Crippen LogP contribution in [-0.2, 0) is 0 Å². The summed E-state index contributed by atoms with van der Waals surface area (Å²) in [5.74, 6) is -2.71. The van der Waals surface area contributed by atoms with Crippen molar-refractivity contribution in [3.63, 3.8) is 0 Å². The zero-order chi connectivity index (χ0) is 6.62. The molecule has 0 atom stereocenters. The van der Waals surface area contributed by atoms with Gasteiger partial charge >= 0.3 is 0 Å². The normalized spacial score (nSPS) is 13.0. The summed E-state index contributed by atoms with van der Waals surface area (Å²) in [7, 11) is 0. The van der Waals surface area contributed by atoms with Gasteiger partial charge in [0.05, 0.1) is 0 Å². The third-order valence-electron chi connectivity index (χ3n) is 0.547. The highest BCUT2D eigenvalue weighted by molar-refractivity contribution is 4.92. The van der Waals surface area contributed by atoms with Crippen LogP contribution in [0.3, 0.4) is 0 Å². The number of alkyl halides is 2. The molecule has 48 valence electrons. The van der Waals surface area contributed by atoms with Gasteiger partial charge in [0.2, 0.25) is 0 Å². The van der Waals surface area contributed by atoms with Crippen molar-refractivity contribution in [2.24, 2.45) is 5.73 Å². The molecule has 0 fully saturated rings. The first-order valence-corrected chi connectivity index (χ1v) is 2.32. The molecule has 0 unspecified atom stereocenters. The third kappa shape index (κ3) is 5.56. The van der Waals surface area contributed by atoms with Gasteiger partial charge in [-0.05, 0) is 6.08 Å². The average Bonchev–Trinajstić information content (AvgIpc) is 1.59. The molecule has 0 spiro atoms. The predicted octanol–water partition coefficient (Wildman–Crippen LogP) is 1.16. The first-order valence-electron chi connectivity index (χ1n) is 2.32. The Bertz CT molecular complexity index is 82.9. The summed E-state index contributed by atoms with van der Waals surface area (Å²) in [6.07, 6.45) is 2.02. The maximum absolute atomic E-state index is 11.8. The molecule has 0 aromatic carbocycles. The highest BCUT2D eigenvalue weighted by Crippen LogP contribution is 2.11. The SMILES string of the molecule is CC(F)(F)/C=C/CN. The second-order valence-corrected chi connectivity index (χ2v) is 1.59. The minimum absolute atomic E-state index is 0.170. The standard InChI is InChI=1S/C5H9F2N/c1-5(6,7)3-2-4-8/h2-3H,4,8H2,1H3/b3-2+. The molecule has 0 aliphatic carbocycles. The van der Waals surface area contributed by atoms with E-state index in [1.165, 1.54) is 6.08 Å². The molecule has 0 saturated carbocycles. The van der Waals surface area contributed by atoms with Crippen LogP contribution in [0.25, 0.3) is 0 Å². The fraction of sp³-hybridized carbons (Fsp3) is 0.600. The Balaban J connectivity index is 3.52. The van der Waals surface area contributed by atoms with Gasteiger partial charge in [-0.25, -0.2) is 8.78 Å². The van der Waals surface area contributed by atoms with Crippen molar-refractivity contribution in [2.75, 3.05) is 6.54 Å². The number of halogens is 2. The van der Waals surface area contributed by atoms with Crippen LogP contribution < -0.4 is 5.73 Å². The monoisotopic (exact) mass is 121 g/mol. The molecule has 0 saturated heterocycles. The maximum atomic E-state index is 11.8. The van der Waals surface area contributed by atoms with Gasteiger partial charge in [0.1, 0.15) is 0 Å². The number of nitrogens with two attached hydrogens (primary N) is 1. The number of hydrogen-bond acceptors (Lipinski definition) is 1. The molecule has 0 aliphatic heterocycles. The number of rotatable bonds is 2. The zero-order valence-corrected chi connectivity index (χ0v) is 4.70. The van der Waals surface area contributed by atoms with Crippen LogP contribution in [0, 0.1) is 0 Å². The van der Waals surface area contributed by atoms with Gasteiger partial charge in [0, 0.05) is 13.5 Å². The van der Waals surface area contributed by atoms with Gasteiger partial charge in [0.15, 0.2) is 0 Å². The fourth-order valence-electron chi connectivity index (χ4n) is 0.275. The minimum Gasteiger partial charge on any atom is -0.327 e. The first-order chi connectivity index (χ1) is 3.56. The van der Waals surface area contributed by atoms with Gasteiger partial charge in [-0.2, -0.15) is 0 Å². The Labute approximate surface area is 47.2 Å². The Hall–Kier alpha value is -0.440. The van der Waals surface area contributed by atoms with Crippen molar-refractivity contribution in [1.29, 1.82) is 0 Å². The lowest BCUT2D eigenvalue weighted by Crippen LogP contribution is -2.05. The van der Waals surface area contributed by atoms with Crippen LogP contribution in [0.2, 0.25) is 0 Å². The quantitative estimate of drug-likeness (QED) is 0.545. The van der Waals surface area contributed by atoms with Gasteiger partial charge in [-0.1, -0.05) is 6.08 Å². The largest absolute Gasteiger partial charge is 0.327 e. The Morgan fingerprint density at radius 3 is 2.25 bits per heavy atom. The predicted molar refractivity (Wildman–Crippen MR) is 28.8 cm³/mol. The van der Waals surface area contributed by atoms with E-state index >= 15 is 0 Å². The molecular formula is C5H9F2N. The van der Waals surface area contributed by atoms with E-state index < -0.39 is 5.92 Å². The van der Waals surface area contributed by atoms with Crippen molar-refractivity contribution in [1.82, 2.24) is 0 Å². The van der Waals surface area contributed by atoms with Crippen molar-refractivity contribution >= 4 is 0 Å². The van der Waals surface area contributed by atoms with Crippen molar-refractivity contribution in [2.45, 2.75) is 12.8 Å². The second kappa shape index (κ2) is 2.77. The first kappa shape index (κ1) is 7.56. The van der Waals surface area contributed by atoms with E-state index in [0.29, 0.717) is 0 Å².